The van der Waals surface area contributed by atoms with Gasteiger partial charge in [0.1, 0.15) is 6.29 Å². The summed E-state index contributed by atoms with van der Waals surface area (Å²) in [6.45, 7) is 1.21. The molecule has 0 fully saturated rings. The number of aromatic nitrogens is 3. The van der Waals surface area contributed by atoms with Gasteiger partial charge in [-0.2, -0.15) is 15.0 Å². The van der Waals surface area contributed by atoms with Crippen molar-refractivity contribution in [3.05, 3.63) is 76.6 Å². The maximum Gasteiger partial charge on any atom is 0.229 e. The molecule has 0 unspecified atom stereocenters. The summed E-state index contributed by atoms with van der Waals surface area (Å²) >= 11 is 5.99. The number of nitrogens with one attached hydrogen (secondary N) is 2. The van der Waals surface area contributed by atoms with Gasteiger partial charge in [0.05, 0.1) is 0 Å². The second kappa shape index (κ2) is 8.92. The van der Waals surface area contributed by atoms with Gasteiger partial charge in [0.2, 0.25) is 17.2 Å². The van der Waals surface area contributed by atoms with E-state index in [-0.39, 0.29) is 5.28 Å². The van der Waals surface area contributed by atoms with Crippen molar-refractivity contribution in [3.8, 4) is 0 Å². The fourth-order valence-electron chi connectivity index (χ4n) is 2.37. The molecule has 2 N–H and O–H groups in total. The molecule has 3 aromatic rings. The van der Waals surface area contributed by atoms with Gasteiger partial charge in [-0.25, -0.2) is 0 Å². The Hall–Kier alpha value is -2.99. The van der Waals surface area contributed by atoms with Crippen molar-refractivity contribution in [3.63, 3.8) is 0 Å². The lowest BCUT2D eigenvalue weighted by molar-refractivity contribution is 0.112. The van der Waals surface area contributed by atoms with Gasteiger partial charge in [0.15, 0.2) is 0 Å². The van der Waals surface area contributed by atoms with Crippen molar-refractivity contribution in [1.82, 2.24) is 15.0 Å². The van der Waals surface area contributed by atoms with Gasteiger partial charge in [-0.15, -0.1) is 0 Å². The van der Waals surface area contributed by atoms with E-state index in [0.717, 1.165) is 18.3 Å². The van der Waals surface area contributed by atoms with Gasteiger partial charge in [-0.3, -0.25) is 4.79 Å². The van der Waals surface area contributed by atoms with Crippen LogP contribution in [-0.4, -0.2) is 27.8 Å². The summed E-state index contributed by atoms with van der Waals surface area (Å²) < 4.78 is 0. The van der Waals surface area contributed by atoms with Gasteiger partial charge in [0.25, 0.3) is 0 Å². The minimum atomic E-state index is 0.126. The molecule has 0 atom stereocenters. The lowest BCUT2D eigenvalue weighted by Crippen LogP contribution is -2.11. The van der Waals surface area contributed by atoms with E-state index in [4.69, 9.17) is 11.6 Å². The van der Waals surface area contributed by atoms with Crippen molar-refractivity contribution >= 4 is 29.8 Å². The van der Waals surface area contributed by atoms with E-state index in [1.54, 1.807) is 12.1 Å². The summed E-state index contributed by atoms with van der Waals surface area (Å²) in [5, 5.41) is 6.40. The summed E-state index contributed by atoms with van der Waals surface area (Å²) in [7, 11) is 0. The van der Waals surface area contributed by atoms with Crippen LogP contribution in [0.4, 0.5) is 11.9 Å². The highest BCUT2D eigenvalue weighted by atomic mass is 35.5. The van der Waals surface area contributed by atoms with E-state index in [1.807, 2.05) is 30.3 Å². The zero-order valence-corrected chi connectivity index (χ0v) is 14.8. The first-order chi connectivity index (χ1) is 12.7. The number of carbonyl (C=O) groups excluding carboxylic acids is 1. The Balaban J connectivity index is 1.57. The third kappa shape index (κ3) is 5.26. The number of halogens is 1. The molecule has 6 nitrogen and oxygen atoms in total. The highest BCUT2D eigenvalue weighted by molar-refractivity contribution is 6.28. The lowest BCUT2D eigenvalue weighted by Gasteiger charge is -2.09. The van der Waals surface area contributed by atoms with Gasteiger partial charge in [-0.05, 0) is 29.1 Å². The number of hydrogen-bond donors (Lipinski definition) is 2. The predicted octanol–water partition coefficient (Wildman–Crippen LogP) is 3.60. The molecule has 0 saturated heterocycles. The fourth-order valence-corrected chi connectivity index (χ4v) is 2.53. The first kappa shape index (κ1) is 17.8. The first-order valence-corrected chi connectivity index (χ1v) is 8.58. The van der Waals surface area contributed by atoms with Crippen molar-refractivity contribution in [2.45, 2.75) is 13.0 Å². The molecular weight excluding hydrogens is 350 g/mol. The third-order valence-electron chi connectivity index (χ3n) is 3.71. The molecule has 1 aromatic heterocycles. The average Bonchev–Trinajstić information content (AvgIpc) is 2.67. The molecule has 7 heteroatoms. The minimum Gasteiger partial charge on any atom is -0.354 e. The monoisotopic (exact) mass is 367 g/mol. The molecule has 0 radical (unpaired) electrons. The number of carbonyl (C=O) groups is 1. The number of aldehydes is 1. The molecule has 26 heavy (non-hydrogen) atoms. The maximum absolute atomic E-state index is 10.7. The quantitative estimate of drug-likeness (QED) is 0.592. The second-order valence-electron chi connectivity index (χ2n) is 5.63. The summed E-state index contributed by atoms with van der Waals surface area (Å²) in [6.07, 6.45) is 1.67. The predicted molar refractivity (Wildman–Crippen MR) is 103 cm³/mol. The number of anilines is 2. The van der Waals surface area contributed by atoms with Gasteiger partial charge >= 0.3 is 0 Å². The van der Waals surface area contributed by atoms with Crippen molar-refractivity contribution < 1.29 is 4.79 Å². The second-order valence-corrected chi connectivity index (χ2v) is 5.97. The zero-order chi connectivity index (χ0) is 18.2. The molecule has 0 bridgehead atoms. The highest BCUT2D eigenvalue weighted by Gasteiger charge is 2.05. The molecule has 1 heterocycles. The fraction of sp³-hybridized carbons (Fsp3) is 0.158. The highest BCUT2D eigenvalue weighted by Crippen LogP contribution is 2.11. The molecule has 2 aromatic carbocycles. The molecule has 0 spiro atoms. The van der Waals surface area contributed by atoms with Crippen molar-refractivity contribution in [2.75, 3.05) is 17.2 Å². The Kier molecular flexibility index (Phi) is 6.11. The van der Waals surface area contributed by atoms with Gasteiger partial charge in [-0.1, -0.05) is 54.6 Å². The van der Waals surface area contributed by atoms with E-state index in [9.17, 15) is 4.79 Å². The van der Waals surface area contributed by atoms with E-state index < -0.39 is 0 Å². The Bertz CT molecular complexity index is 856. The van der Waals surface area contributed by atoms with Crippen LogP contribution in [0.3, 0.4) is 0 Å². The Labute approximate surface area is 156 Å². The number of hydrogen-bond acceptors (Lipinski definition) is 6. The molecule has 0 amide bonds. The van der Waals surface area contributed by atoms with E-state index in [0.29, 0.717) is 30.5 Å². The van der Waals surface area contributed by atoms with Crippen LogP contribution in [0.1, 0.15) is 21.5 Å². The molecule has 3 rings (SSSR count). The van der Waals surface area contributed by atoms with Crippen molar-refractivity contribution in [2.24, 2.45) is 0 Å². The van der Waals surface area contributed by atoms with Gasteiger partial charge in [0, 0.05) is 18.7 Å². The van der Waals surface area contributed by atoms with Crippen LogP contribution in [0.2, 0.25) is 5.28 Å². The number of rotatable bonds is 8. The Morgan fingerprint density at radius 1 is 0.846 bits per heavy atom. The van der Waals surface area contributed by atoms with Crippen LogP contribution in [0, 0.1) is 0 Å². The topological polar surface area (TPSA) is 79.8 Å². The molecular formula is C19H18ClN5O. The summed E-state index contributed by atoms with van der Waals surface area (Å²) in [5.74, 6) is 0.825. The van der Waals surface area contributed by atoms with E-state index in [1.165, 1.54) is 5.56 Å². The van der Waals surface area contributed by atoms with Crippen LogP contribution in [0.25, 0.3) is 0 Å². The van der Waals surface area contributed by atoms with E-state index in [2.05, 4.69) is 37.7 Å². The molecule has 0 saturated carbocycles. The normalized spacial score (nSPS) is 10.3. The number of benzene rings is 2. The van der Waals surface area contributed by atoms with Crippen LogP contribution < -0.4 is 10.6 Å². The first-order valence-electron chi connectivity index (χ1n) is 8.20. The summed E-state index contributed by atoms with van der Waals surface area (Å²) in [6, 6.07) is 17.4. The smallest absolute Gasteiger partial charge is 0.229 e. The minimum absolute atomic E-state index is 0.126. The molecule has 132 valence electrons. The Morgan fingerprint density at radius 2 is 1.54 bits per heavy atom. The molecule has 0 aliphatic rings. The Morgan fingerprint density at radius 3 is 2.23 bits per heavy atom. The zero-order valence-electron chi connectivity index (χ0n) is 14.0. The van der Waals surface area contributed by atoms with Crippen LogP contribution in [-0.2, 0) is 13.0 Å². The van der Waals surface area contributed by atoms with Gasteiger partial charge < -0.3 is 10.6 Å². The molecule has 0 aliphatic carbocycles. The summed E-state index contributed by atoms with van der Waals surface area (Å²) in [4.78, 5) is 23.2. The lowest BCUT2D eigenvalue weighted by atomic mass is 10.1. The standard InChI is InChI=1S/C19H18ClN5O/c20-17-23-18(21-11-10-14-4-2-1-3-5-14)25-19(24-17)22-12-15-6-8-16(13-26)9-7-15/h1-9,13H,10-12H2,(H2,21,22,23,24,25). The SMILES string of the molecule is O=Cc1ccc(CNc2nc(Cl)nc(NCCc3ccccc3)n2)cc1. The van der Waals surface area contributed by atoms with E-state index >= 15 is 0 Å². The number of nitrogens with zero attached hydrogens (tertiary/aromatic N) is 3. The van der Waals surface area contributed by atoms with Crippen molar-refractivity contribution in [1.29, 1.82) is 0 Å². The maximum atomic E-state index is 10.7. The van der Waals surface area contributed by atoms with Crippen LogP contribution in [0.5, 0.6) is 0 Å². The van der Waals surface area contributed by atoms with Crippen LogP contribution in [0.15, 0.2) is 54.6 Å². The molecule has 0 aliphatic heterocycles. The van der Waals surface area contributed by atoms with Crippen LogP contribution >= 0.6 is 11.6 Å². The summed E-state index contributed by atoms with van der Waals surface area (Å²) in [5.41, 5.74) is 2.88. The largest absolute Gasteiger partial charge is 0.354 e. The third-order valence-corrected chi connectivity index (χ3v) is 3.88. The average molecular weight is 368 g/mol.